The Kier molecular flexibility index (Phi) is 4.16. The van der Waals surface area contributed by atoms with Gasteiger partial charge in [0, 0.05) is 22.9 Å². The van der Waals surface area contributed by atoms with Crippen LogP contribution < -0.4 is 0 Å². The van der Waals surface area contributed by atoms with Crippen LogP contribution in [-0.2, 0) is 4.74 Å². The molecular formula is C14H16BN3O2. The van der Waals surface area contributed by atoms with Crippen molar-refractivity contribution in [3.8, 4) is 0 Å². The van der Waals surface area contributed by atoms with Crippen molar-refractivity contribution in [1.82, 2.24) is 0 Å². The van der Waals surface area contributed by atoms with Crippen LogP contribution in [0.1, 0.15) is 30.6 Å². The number of hydrogen-bond donors (Lipinski definition) is 0. The Hall–Kier alpha value is -1.78. The van der Waals surface area contributed by atoms with E-state index in [9.17, 15) is 4.79 Å². The van der Waals surface area contributed by atoms with Gasteiger partial charge in [0.1, 0.15) is 7.85 Å². The van der Waals surface area contributed by atoms with Crippen molar-refractivity contribution < 1.29 is 9.53 Å². The zero-order valence-electron chi connectivity index (χ0n) is 11.6. The minimum absolute atomic E-state index is 0.000278. The summed E-state index contributed by atoms with van der Waals surface area (Å²) in [5.41, 5.74) is 8.17. The van der Waals surface area contributed by atoms with Gasteiger partial charge in [-0.1, -0.05) is 49.3 Å². The molecule has 6 heteroatoms. The summed E-state index contributed by atoms with van der Waals surface area (Å²) < 4.78 is 5.64. The fourth-order valence-corrected chi connectivity index (χ4v) is 2.53. The highest BCUT2D eigenvalue weighted by molar-refractivity contribution is 6.11. The van der Waals surface area contributed by atoms with Crippen molar-refractivity contribution in [2.24, 2.45) is 17.0 Å². The monoisotopic (exact) mass is 269 g/mol. The van der Waals surface area contributed by atoms with Crippen molar-refractivity contribution in [2.75, 3.05) is 0 Å². The number of azide groups is 1. The zero-order chi connectivity index (χ0) is 14.8. The Morgan fingerprint density at radius 1 is 1.45 bits per heavy atom. The van der Waals surface area contributed by atoms with Crippen molar-refractivity contribution in [1.29, 1.82) is 0 Å². The lowest BCUT2D eigenvalue weighted by Crippen LogP contribution is -2.35. The van der Waals surface area contributed by atoms with Crippen LogP contribution in [0.5, 0.6) is 0 Å². The number of hydrogen-bond acceptors (Lipinski definition) is 3. The van der Waals surface area contributed by atoms with Crippen LogP contribution in [0.15, 0.2) is 35.4 Å². The van der Waals surface area contributed by atoms with Crippen LogP contribution in [-0.4, -0.2) is 25.4 Å². The summed E-state index contributed by atoms with van der Waals surface area (Å²) in [7, 11) is 5.87. The first kappa shape index (κ1) is 14.6. The molecule has 1 heterocycles. The quantitative estimate of drug-likeness (QED) is 0.277. The van der Waals surface area contributed by atoms with E-state index in [-0.39, 0.29) is 24.0 Å². The van der Waals surface area contributed by atoms with Gasteiger partial charge in [0.25, 0.3) is 0 Å². The summed E-state index contributed by atoms with van der Waals surface area (Å²) in [5.74, 6) is -0.226. The third kappa shape index (κ3) is 2.57. The van der Waals surface area contributed by atoms with E-state index in [1.54, 1.807) is 24.3 Å². The minimum Gasteiger partial charge on any atom is -0.374 e. The second kappa shape index (κ2) is 5.69. The van der Waals surface area contributed by atoms with E-state index in [1.165, 1.54) is 0 Å². The summed E-state index contributed by atoms with van der Waals surface area (Å²) in [5, 5.41) is 3.76. The molecule has 0 amide bonds. The largest absolute Gasteiger partial charge is 0.374 e. The van der Waals surface area contributed by atoms with Gasteiger partial charge in [0.2, 0.25) is 0 Å². The molecule has 2 rings (SSSR count). The molecule has 102 valence electrons. The molecule has 0 saturated carbocycles. The molecule has 0 aliphatic carbocycles. The van der Waals surface area contributed by atoms with Gasteiger partial charge in [-0.2, -0.15) is 0 Å². The average Bonchev–Trinajstić information content (AvgIpc) is 2.65. The molecule has 1 fully saturated rings. The highest BCUT2D eigenvalue weighted by Gasteiger charge is 2.49. The predicted octanol–water partition coefficient (Wildman–Crippen LogP) is 3.06. The van der Waals surface area contributed by atoms with Crippen molar-refractivity contribution >= 4 is 13.6 Å². The normalized spacial score (nSPS) is 32.6. The van der Waals surface area contributed by atoms with E-state index in [0.717, 1.165) is 0 Å². The summed E-state index contributed by atoms with van der Waals surface area (Å²) in [6, 6.07) is 8.36. The molecule has 1 aliphatic rings. The maximum atomic E-state index is 12.3. The number of Topliss-reactive ketones (excluding diaryl/α,β-unsaturated/α-hetero) is 1. The Morgan fingerprint density at radius 3 is 2.60 bits per heavy atom. The molecule has 0 bridgehead atoms. The molecule has 20 heavy (non-hydrogen) atoms. The Morgan fingerprint density at radius 2 is 2.10 bits per heavy atom. The van der Waals surface area contributed by atoms with Gasteiger partial charge in [-0.25, -0.2) is 0 Å². The van der Waals surface area contributed by atoms with Crippen LogP contribution in [0.25, 0.3) is 10.4 Å². The van der Waals surface area contributed by atoms with E-state index in [0.29, 0.717) is 5.56 Å². The van der Waals surface area contributed by atoms with Gasteiger partial charge < -0.3 is 4.74 Å². The second-order valence-electron chi connectivity index (χ2n) is 5.23. The SMILES string of the molecule is [B]C1OC(CC(=O)c2ccccc2)(N=[N+]=[N-])C(C)C1C. The van der Waals surface area contributed by atoms with Crippen LogP contribution in [0.2, 0.25) is 0 Å². The molecule has 1 aromatic rings. The molecule has 4 atom stereocenters. The number of carbonyl (C=O) groups excluding carboxylic acids is 1. The van der Waals surface area contributed by atoms with E-state index >= 15 is 0 Å². The number of nitrogens with zero attached hydrogens (tertiary/aromatic N) is 3. The van der Waals surface area contributed by atoms with Gasteiger partial charge >= 0.3 is 0 Å². The van der Waals surface area contributed by atoms with E-state index in [1.807, 2.05) is 19.9 Å². The fourth-order valence-electron chi connectivity index (χ4n) is 2.53. The standard InChI is InChI=1S/C14H16BN3O2/c1-9-10(2)14(17-18-16,20-13(9)15)8-12(19)11-6-4-3-5-7-11/h3-7,9-10,13H,8H2,1-2H3. The van der Waals surface area contributed by atoms with Crippen molar-refractivity contribution in [3.05, 3.63) is 46.3 Å². The predicted molar refractivity (Wildman–Crippen MR) is 76.2 cm³/mol. The summed E-state index contributed by atoms with van der Waals surface area (Å²) in [4.78, 5) is 15.2. The maximum Gasteiger partial charge on any atom is 0.165 e. The number of ether oxygens (including phenoxy) is 1. The van der Waals surface area contributed by atoms with Crippen molar-refractivity contribution in [3.63, 3.8) is 0 Å². The lowest BCUT2D eigenvalue weighted by molar-refractivity contribution is -0.0270. The van der Waals surface area contributed by atoms with Gasteiger partial charge in [0.15, 0.2) is 11.5 Å². The lowest BCUT2D eigenvalue weighted by Gasteiger charge is -2.27. The van der Waals surface area contributed by atoms with Crippen LogP contribution >= 0.6 is 0 Å². The first-order chi connectivity index (χ1) is 9.50. The molecule has 0 aromatic heterocycles. The summed E-state index contributed by atoms with van der Waals surface area (Å²) >= 11 is 0. The first-order valence-corrected chi connectivity index (χ1v) is 6.58. The van der Waals surface area contributed by atoms with Crippen LogP contribution in [0.4, 0.5) is 0 Å². The average molecular weight is 269 g/mol. The molecule has 0 N–H and O–H groups in total. The number of ketones is 1. The first-order valence-electron chi connectivity index (χ1n) is 6.58. The van der Waals surface area contributed by atoms with Crippen LogP contribution in [0.3, 0.4) is 0 Å². The molecule has 1 aliphatic heterocycles. The summed E-state index contributed by atoms with van der Waals surface area (Å²) in [6.45, 7) is 3.82. The molecule has 0 spiro atoms. The molecule has 4 unspecified atom stereocenters. The third-order valence-corrected chi connectivity index (χ3v) is 4.08. The highest BCUT2D eigenvalue weighted by Crippen LogP contribution is 2.43. The molecule has 5 nitrogen and oxygen atoms in total. The fraction of sp³-hybridized carbons (Fsp3) is 0.500. The number of benzene rings is 1. The van der Waals surface area contributed by atoms with E-state index in [2.05, 4.69) is 10.0 Å². The van der Waals surface area contributed by atoms with Gasteiger partial charge in [-0.05, 0) is 17.4 Å². The molecule has 1 saturated heterocycles. The maximum absolute atomic E-state index is 12.3. The minimum atomic E-state index is -1.19. The van der Waals surface area contributed by atoms with Crippen molar-refractivity contribution in [2.45, 2.75) is 32.0 Å². The molecule has 2 radical (unpaired) electrons. The number of carbonyl (C=O) groups is 1. The smallest absolute Gasteiger partial charge is 0.165 e. The lowest BCUT2D eigenvalue weighted by atomic mass is 9.79. The zero-order valence-corrected chi connectivity index (χ0v) is 11.6. The van der Waals surface area contributed by atoms with Gasteiger partial charge in [-0.15, -0.1) is 0 Å². The molecular weight excluding hydrogens is 253 g/mol. The number of rotatable bonds is 4. The highest BCUT2D eigenvalue weighted by atomic mass is 16.5. The molecule has 1 aromatic carbocycles. The topological polar surface area (TPSA) is 75.1 Å². The second-order valence-corrected chi connectivity index (χ2v) is 5.23. The van der Waals surface area contributed by atoms with Gasteiger partial charge in [0.05, 0.1) is 0 Å². The van der Waals surface area contributed by atoms with E-state index in [4.69, 9.17) is 18.1 Å². The summed E-state index contributed by atoms with van der Waals surface area (Å²) in [6.07, 6.45) is 0.000278. The van der Waals surface area contributed by atoms with Gasteiger partial charge in [-0.3, -0.25) is 4.79 Å². The Labute approximate surface area is 119 Å². The Balaban J connectivity index is 2.27. The third-order valence-electron chi connectivity index (χ3n) is 4.08. The Bertz CT molecular complexity index is 545. The van der Waals surface area contributed by atoms with Crippen LogP contribution in [0, 0.1) is 11.8 Å². The van der Waals surface area contributed by atoms with E-state index < -0.39 is 11.7 Å².